The summed E-state index contributed by atoms with van der Waals surface area (Å²) < 4.78 is 25.0. The number of nitrogens with zero attached hydrogens (tertiary/aromatic N) is 1. The molecule has 0 aliphatic carbocycles. The maximum absolute atomic E-state index is 12.5. The fourth-order valence-electron chi connectivity index (χ4n) is 1.64. The van der Waals surface area contributed by atoms with Crippen LogP contribution < -0.4 is 11.1 Å². The minimum absolute atomic E-state index is 0.0408. The molecule has 4 N–H and O–H groups in total. The Labute approximate surface area is 123 Å². The molecule has 8 heteroatoms. The number of aromatic nitrogens is 1. The number of carbonyl (C=O) groups is 1. The fourth-order valence-corrected chi connectivity index (χ4v) is 2.23. The van der Waals surface area contributed by atoms with Crippen LogP contribution in [0, 0.1) is 0 Å². The highest BCUT2D eigenvalue weighted by Crippen LogP contribution is 2.33. The van der Waals surface area contributed by atoms with E-state index in [1.54, 1.807) is 18.2 Å². The summed E-state index contributed by atoms with van der Waals surface area (Å²) in [6.07, 6.45) is 1.29. The molecule has 1 aromatic heterocycles. The second-order valence-electron chi connectivity index (χ2n) is 3.97. The van der Waals surface area contributed by atoms with E-state index in [0.29, 0.717) is 22.3 Å². The third kappa shape index (κ3) is 3.82. The number of thioether (sulfide) groups is 1. The van der Waals surface area contributed by atoms with E-state index in [4.69, 9.17) is 10.8 Å². The molecule has 21 heavy (non-hydrogen) atoms. The van der Waals surface area contributed by atoms with Crippen molar-refractivity contribution in [3.63, 3.8) is 0 Å². The summed E-state index contributed by atoms with van der Waals surface area (Å²) in [5.41, 5.74) is 5.92. The second-order valence-corrected chi connectivity index (χ2v) is 5.00. The first kappa shape index (κ1) is 15.0. The highest BCUT2D eigenvalue weighted by Gasteiger charge is 2.15. The lowest BCUT2D eigenvalue weighted by Crippen LogP contribution is -2.06. The van der Waals surface area contributed by atoms with Gasteiger partial charge in [0.2, 0.25) is 0 Å². The quantitative estimate of drug-likeness (QED) is 0.733. The van der Waals surface area contributed by atoms with Crippen molar-refractivity contribution >= 4 is 34.9 Å². The molecule has 0 fully saturated rings. The van der Waals surface area contributed by atoms with Crippen molar-refractivity contribution in [3.8, 4) is 0 Å². The lowest BCUT2D eigenvalue weighted by Gasteiger charge is -2.12. The van der Waals surface area contributed by atoms with E-state index < -0.39 is 11.7 Å². The van der Waals surface area contributed by atoms with Crippen LogP contribution >= 0.6 is 11.8 Å². The van der Waals surface area contributed by atoms with Crippen molar-refractivity contribution in [2.75, 3.05) is 11.1 Å². The van der Waals surface area contributed by atoms with Gasteiger partial charge < -0.3 is 16.2 Å². The minimum atomic E-state index is -2.58. The molecule has 0 bridgehead atoms. The number of halogens is 2. The summed E-state index contributed by atoms with van der Waals surface area (Å²) in [5, 5.41) is 11.9. The third-order valence-corrected chi connectivity index (χ3v) is 3.28. The molecule has 2 rings (SSSR count). The zero-order valence-corrected chi connectivity index (χ0v) is 11.4. The Morgan fingerprint density at radius 1 is 1.38 bits per heavy atom. The van der Waals surface area contributed by atoms with Crippen LogP contribution in [0.15, 0.2) is 41.4 Å². The van der Waals surface area contributed by atoms with Gasteiger partial charge in [-0.2, -0.15) is 8.78 Å². The van der Waals surface area contributed by atoms with Crippen LogP contribution in [-0.4, -0.2) is 21.8 Å². The normalized spacial score (nSPS) is 10.6. The topological polar surface area (TPSA) is 88.2 Å². The summed E-state index contributed by atoms with van der Waals surface area (Å²) in [6.45, 7) is 0. The lowest BCUT2D eigenvalue weighted by atomic mass is 10.2. The van der Waals surface area contributed by atoms with E-state index in [1.165, 1.54) is 18.3 Å². The molecule has 0 spiro atoms. The number of para-hydroxylation sites is 1. The van der Waals surface area contributed by atoms with Crippen molar-refractivity contribution in [1.29, 1.82) is 0 Å². The van der Waals surface area contributed by atoms with E-state index in [-0.39, 0.29) is 17.1 Å². The lowest BCUT2D eigenvalue weighted by molar-refractivity contribution is 0.0697. The maximum Gasteiger partial charge on any atom is 0.339 e. The number of aromatic carboxylic acids is 1. The number of nitrogens with one attached hydrogen (secondary N) is 1. The molecule has 0 aliphatic heterocycles. The van der Waals surface area contributed by atoms with Gasteiger partial charge in [0, 0.05) is 4.90 Å². The molecule has 110 valence electrons. The summed E-state index contributed by atoms with van der Waals surface area (Å²) in [5.74, 6) is -3.75. The summed E-state index contributed by atoms with van der Waals surface area (Å²) in [6, 6.07) is 7.59. The number of benzene rings is 1. The van der Waals surface area contributed by atoms with Crippen molar-refractivity contribution < 1.29 is 18.7 Å². The molecule has 0 saturated heterocycles. The third-order valence-electron chi connectivity index (χ3n) is 2.50. The average Bonchev–Trinajstić information content (AvgIpc) is 2.42. The number of hydrogen-bond acceptors (Lipinski definition) is 5. The van der Waals surface area contributed by atoms with Crippen LogP contribution in [0.25, 0.3) is 0 Å². The van der Waals surface area contributed by atoms with Gasteiger partial charge in [0.15, 0.2) is 0 Å². The molecule has 0 amide bonds. The molecule has 2 aromatic rings. The van der Waals surface area contributed by atoms with Crippen LogP contribution in [0.2, 0.25) is 0 Å². The van der Waals surface area contributed by atoms with Gasteiger partial charge in [-0.05, 0) is 18.2 Å². The zero-order chi connectivity index (χ0) is 15.4. The van der Waals surface area contributed by atoms with Gasteiger partial charge in [-0.1, -0.05) is 23.9 Å². The SMILES string of the molecule is Nc1cnc(Nc2ccccc2SC(F)F)c(C(=O)O)c1. The minimum Gasteiger partial charge on any atom is -0.478 e. The molecule has 1 heterocycles. The maximum atomic E-state index is 12.5. The van der Waals surface area contributed by atoms with Crippen LogP contribution in [0.3, 0.4) is 0 Å². The predicted octanol–water partition coefficient (Wildman–Crippen LogP) is 3.42. The first-order valence-electron chi connectivity index (χ1n) is 5.77. The number of hydrogen-bond donors (Lipinski definition) is 3. The number of pyridine rings is 1. The second kappa shape index (κ2) is 6.40. The Bertz CT molecular complexity index is 668. The van der Waals surface area contributed by atoms with Gasteiger partial charge in [-0.15, -0.1) is 0 Å². The highest BCUT2D eigenvalue weighted by molar-refractivity contribution is 7.99. The van der Waals surface area contributed by atoms with E-state index in [1.807, 2.05) is 0 Å². The Morgan fingerprint density at radius 3 is 2.76 bits per heavy atom. The van der Waals surface area contributed by atoms with Gasteiger partial charge >= 0.3 is 5.97 Å². The predicted molar refractivity (Wildman–Crippen MR) is 77.2 cm³/mol. The van der Waals surface area contributed by atoms with Crippen molar-refractivity contribution in [2.24, 2.45) is 0 Å². The van der Waals surface area contributed by atoms with Crippen LogP contribution in [-0.2, 0) is 0 Å². The van der Waals surface area contributed by atoms with Gasteiger partial charge in [0.25, 0.3) is 5.76 Å². The van der Waals surface area contributed by atoms with E-state index in [0.717, 1.165) is 0 Å². The Balaban J connectivity index is 2.37. The molecule has 0 aliphatic rings. The van der Waals surface area contributed by atoms with Crippen LogP contribution in [0.4, 0.5) is 26.0 Å². The standard InChI is InChI=1S/C13H11F2N3O2S/c14-13(15)21-10-4-2-1-3-9(10)18-11-8(12(19)20)5-7(16)6-17-11/h1-6,13H,16H2,(H,17,18)(H,19,20). The average molecular weight is 311 g/mol. The molecule has 0 atom stereocenters. The van der Waals surface area contributed by atoms with Crippen LogP contribution in [0.5, 0.6) is 0 Å². The zero-order valence-electron chi connectivity index (χ0n) is 10.6. The Morgan fingerprint density at radius 2 is 2.10 bits per heavy atom. The van der Waals surface area contributed by atoms with Gasteiger partial charge in [-0.3, -0.25) is 0 Å². The smallest absolute Gasteiger partial charge is 0.339 e. The first-order chi connectivity index (χ1) is 9.97. The van der Waals surface area contributed by atoms with Gasteiger partial charge in [-0.25, -0.2) is 9.78 Å². The monoisotopic (exact) mass is 311 g/mol. The molecular formula is C13H11F2N3O2S. The fraction of sp³-hybridized carbons (Fsp3) is 0.0769. The summed E-state index contributed by atoms with van der Waals surface area (Å²) in [7, 11) is 0. The first-order valence-corrected chi connectivity index (χ1v) is 6.65. The van der Waals surface area contributed by atoms with Gasteiger partial charge in [0.05, 0.1) is 17.6 Å². The molecule has 1 aromatic carbocycles. The highest BCUT2D eigenvalue weighted by atomic mass is 32.2. The van der Waals surface area contributed by atoms with Crippen molar-refractivity contribution in [3.05, 3.63) is 42.1 Å². The number of alkyl halides is 2. The number of nitrogens with two attached hydrogens (primary N) is 1. The molecular weight excluding hydrogens is 300 g/mol. The van der Waals surface area contributed by atoms with E-state index >= 15 is 0 Å². The number of anilines is 3. The molecule has 5 nitrogen and oxygen atoms in total. The Hall–Kier alpha value is -2.35. The number of rotatable bonds is 5. The van der Waals surface area contributed by atoms with Crippen molar-refractivity contribution in [1.82, 2.24) is 4.98 Å². The van der Waals surface area contributed by atoms with Crippen molar-refractivity contribution in [2.45, 2.75) is 10.7 Å². The molecule has 0 unspecified atom stereocenters. The summed E-state index contributed by atoms with van der Waals surface area (Å²) in [4.78, 5) is 15.4. The van der Waals surface area contributed by atoms with Gasteiger partial charge in [0.1, 0.15) is 11.4 Å². The molecule has 0 radical (unpaired) electrons. The van der Waals surface area contributed by atoms with E-state index in [2.05, 4.69) is 10.3 Å². The largest absolute Gasteiger partial charge is 0.478 e. The van der Waals surface area contributed by atoms with E-state index in [9.17, 15) is 13.6 Å². The van der Waals surface area contributed by atoms with Crippen LogP contribution in [0.1, 0.15) is 10.4 Å². The Kier molecular flexibility index (Phi) is 4.59. The number of nitrogen functional groups attached to an aromatic ring is 1. The number of carboxylic acids is 1. The summed E-state index contributed by atoms with van der Waals surface area (Å²) >= 11 is 0.366. The molecule has 0 saturated carbocycles. The number of carboxylic acid groups (broad SMARTS) is 1.